The van der Waals surface area contributed by atoms with Crippen LogP contribution in [0.1, 0.15) is 24.1 Å². The van der Waals surface area contributed by atoms with Gasteiger partial charge in [0.1, 0.15) is 0 Å². The molecule has 0 saturated carbocycles. The topological polar surface area (TPSA) is 42.0 Å². The number of pyridine rings is 1. The largest absolute Gasteiger partial charge is 0.346 e. The minimum Gasteiger partial charge on any atom is -0.346 e. The summed E-state index contributed by atoms with van der Waals surface area (Å²) in [6.45, 7) is 1.88. The van der Waals surface area contributed by atoms with E-state index >= 15 is 0 Å². The molecule has 1 atom stereocenters. The second kappa shape index (κ2) is 7.25. The molecule has 1 N–H and O–H groups in total. The van der Waals surface area contributed by atoms with Gasteiger partial charge in [-0.25, -0.2) is 0 Å². The Labute approximate surface area is 133 Å². The molecule has 3 nitrogen and oxygen atoms in total. The summed E-state index contributed by atoms with van der Waals surface area (Å²) in [7, 11) is 0. The Morgan fingerprint density at radius 2 is 2.10 bits per heavy atom. The third kappa shape index (κ3) is 4.59. The van der Waals surface area contributed by atoms with Crippen LogP contribution in [0, 0.1) is 0 Å². The highest BCUT2D eigenvalue weighted by atomic mass is 35.5. The maximum atomic E-state index is 11.9. The third-order valence-corrected chi connectivity index (χ3v) is 3.65. The molecule has 2 rings (SSSR count). The van der Waals surface area contributed by atoms with Crippen molar-refractivity contribution in [3.05, 3.63) is 70.0 Å². The van der Waals surface area contributed by atoms with Crippen molar-refractivity contribution in [2.24, 2.45) is 0 Å². The van der Waals surface area contributed by atoms with Gasteiger partial charge in [0.15, 0.2) is 0 Å². The molecule has 1 aromatic carbocycles. The summed E-state index contributed by atoms with van der Waals surface area (Å²) < 4.78 is 0. The number of amides is 1. The van der Waals surface area contributed by atoms with Crippen molar-refractivity contribution in [1.29, 1.82) is 0 Å². The zero-order valence-corrected chi connectivity index (χ0v) is 12.9. The first-order chi connectivity index (χ1) is 10.1. The van der Waals surface area contributed by atoms with Gasteiger partial charge in [-0.15, -0.1) is 0 Å². The standard InChI is InChI=1S/C16H14Cl2N2O/c1-11(13-5-6-14(17)15(18)9-13)20-16(21)7-4-12-3-2-8-19-10-12/h2-11H,1H3,(H,20,21)/b7-4+. The number of carbonyl (C=O) groups is 1. The van der Waals surface area contributed by atoms with Crippen LogP contribution in [-0.4, -0.2) is 10.9 Å². The van der Waals surface area contributed by atoms with E-state index in [1.54, 1.807) is 30.6 Å². The summed E-state index contributed by atoms with van der Waals surface area (Å²) >= 11 is 11.8. The molecule has 5 heteroatoms. The molecule has 1 aromatic heterocycles. The fourth-order valence-corrected chi connectivity index (χ4v) is 2.08. The predicted octanol–water partition coefficient (Wildman–Crippen LogP) is 4.28. The molecule has 0 aliphatic rings. The maximum absolute atomic E-state index is 11.9. The lowest BCUT2D eigenvalue weighted by molar-refractivity contribution is -0.117. The van der Waals surface area contributed by atoms with Gasteiger partial charge in [-0.2, -0.15) is 0 Å². The van der Waals surface area contributed by atoms with E-state index in [0.717, 1.165) is 11.1 Å². The van der Waals surface area contributed by atoms with E-state index in [1.807, 2.05) is 25.1 Å². The van der Waals surface area contributed by atoms with E-state index in [9.17, 15) is 4.79 Å². The van der Waals surface area contributed by atoms with Crippen molar-refractivity contribution in [2.45, 2.75) is 13.0 Å². The second-order valence-corrected chi connectivity index (χ2v) is 5.34. The summed E-state index contributed by atoms with van der Waals surface area (Å²) in [6, 6.07) is 8.83. The normalized spacial score (nSPS) is 12.3. The van der Waals surface area contributed by atoms with Crippen LogP contribution in [0.4, 0.5) is 0 Å². The Morgan fingerprint density at radius 1 is 1.29 bits per heavy atom. The van der Waals surface area contributed by atoms with E-state index in [0.29, 0.717) is 10.0 Å². The minimum atomic E-state index is -0.183. The first-order valence-electron chi connectivity index (χ1n) is 6.40. The molecule has 0 spiro atoms. The summed E-state index contributed by atoms with van der Waals surface area (Å²) in [5, 5.41) is 3.83. The Balaban J connectivity index is 1.99. The molecule has 0 fully saturated rings. The molecule has 0 radical (unpaired) electrons. The lowest BCUT2D eigenvalue weighted by atomic mass is 10.1. The van der Waals surface area contributed by atoms with Crippen LogP contribution in [0.2, 0.25) is 10.0 Å². The van der Waals surface area contributed by atoms with Crippen LogP contribution in [0.25, 0.3) is 6.08 Å². The average Bonchev–Trinajstić information content (AvgIpc) is 2.49. The van der Waals surface area contributed by atoms with Crippen LogP contribution in [0.5, 0.6) is 0 Å². The lowest BCUT2D eigenvalue weighted by Gasteiger charge is -2.13. The molecular weight excluding hydrogens is 307 g/mol. The quantitative estimate of drug-likeness (QED) is 0.854. The van der Waals surface area contributed by atoms with E-state index in [2.05, 4.69) is 10.3 Å². The molecule has 0 bridgehead atoms. The molecule has 0 aliphatic carbocycles. The van der Waals surface area contributed by atoms with Crippen molar-refractivity contribution >= 4 is 35.2 Å². The van der Waals surface area contributed by atoms with E-state index in [1.165, 1.54) is 6.08 Å². The Morgan fingerprint density at radius 3 is 2.76 bits per heavy atom. The van der Waals surface area contributed by atoms with Crippen LogP contribution in [0.15, 0.2) is 48.8 Å². The first-order valence-corrected chi connectivity index (χ1v) is 7.15. The lowest BCUT2D eigenvalue weighted by Crippen LogP contribution is -2.24. The number of benzene rings is 1. The number of carbonyl (C=O) groups excluding carboxylic acids is 1. The molecule has 1 unspecified atom stereocenters. The molecule has 21 heavy (non-hydrogen) atoms. The highest BCUT2D eigenvalue weighted by molar-refractivity contribution is 6.42. The Hall–Kier alpha value is -1.84. The van der Waals surface area contributed by atoms with Gasteiger partial charge in [-0.05, 0) is 42.3 Å². The molecule has 2 aromatic rings. The van der Waals surface area contributed by atoms with Gasteiger partial charge in [0, 0.05) is 18.5 Å². The summed E-state index contributed by atoms with van der Waals surface area (Å²) in [6.07, 6.45) is 6.56. The third-order valence-electron chi connectivity index (χ3n) is 2.91. The summed E-state index contributed by atoms with van der Waals surface area (Å²) in [5.74, 6) is -0.183. The number of aromatic nitrogens is 1. The van der Waals surface area contributed by atoms with Gasteiger partial charge in [-0.1, -0.05) is 35.3 Å². The van der Waals surface area contributed by atoms with Crippen LogP contribution in [0.3, 0.4) is 0 Å². The van der Waals surface area contributed by atoms with Gasteiger partial charge in [0.25, 0.3) is 0 Å². The number of hydrogen-bond acceptors (Lipinski definition) is 2. The van der Waals surface area contributed by atoms with E-state index < -0.39 is 0 Å². The van der Waals surface area contributed by atoms with Gasteiger partial charge in [-0.3, -0.25) is 9.78 Å². The van der Waals surface area contributed by atoms with Crippen LogP contribution >= 0.6 is 23.2 Å². The van der Waals surface area contributed by atoms with E-state index in [-0.39, 0.29) is 11.9 Å². The zero-order chi connectivity index (χ0) is 15.2. The highest BCUT2D eigenvalue weighted by Crippen LogP contribution is 2.25. The predicted molar refractivity (Wildman–Crippen MR) is 86.3 cm³/mol. The maximum Gasteiger partial charge on any atom is 0.244 e. The number of hydrogen-bond donors (Lipinski definition) is 1. The monoisotopic (exact) mass is 320 g/mol. The zero-order valence-electron chi connectivity index (χ0n) is 11.4. The molecule has 0 saturated heterocycles. The fraction of sp³-hybridized carbons (Fsp3) is 0.125. The Bertz CT molecular complexity index is 657. The fourth-order valence-electron chi connectivity index (χ4n) is 1.77. The van der Waals surface area contributed by atoms with Crippen molar-refractivity contribution < 1.29 is 4.79 Å². The van der Waals surface area contributed by atoms with Crippen molar-refractivity contribution in [3.63, 3.8) is 0 Å². The minimum absolute atomic E-state index is 0.161. The van der Waals surface area contributed by atoms with Crippen LogP contribution in [-0.2, 0) is 4.79 Å². The number of nitrogens with zero attached hydrogens (tertiary/aromatic N) is 1. The highest BCUT2D eigenvalue weighted by Gasteiger charge is 2.09. The smallest absolute Gasteiger partial charge is 0.244 e. The molecule has 0 aliphatic heterocycles. The summed E-state index contributed by atoms with van der Waals surface area (Å²) in [5.41, 5.74) is 1.77. The SMILES string of the molecule is CC(NC(=O)/C=C/c1cccnc1)c1ccc(Cl)c(Cl)c1. The van der Waals surface area contributed by atoms with Gasteiger partial charge < -0.3 is 5.32 Å². The molecular formula is C16H14Cl2N2O. The average molecular weight is 321 g/mol. The summed E-state index contributed by atoms with van der Waals surface area (Å²) in [4.78, 5) is 15.9. The van der Waals surface area contributed by atoms with E-state index in [4.69, 9.17) is 23.2 Å². The first kappa shape index (κ1) is 15.5. The van der Waals surface area contributed by atoms with Crippen molar-refractivity contribution in [2.75, 3.05) is 0 Å². The number of nitrogens with one attached hydrogen (secondary N) is 1. The van der Waals surface area contributed by atoms with Gasteiger partial charge in [0.2, 0.25) is 5.91 Å². The Kier molecular flexibility index (Phi) is 5.37. The van der Waals surface area contributed by atoms with Gasteiger partial charge >= 0.3 is 0 Å². The molecule has 108 valence electrons. The van der Waals surface area contributed by atoms with Crippen molar-refractivity contribution in [3.8, 4) is 0 Å². The second-order valence-electron chi connectivity index (χ2n) is 4.52. The van der Waals surface area contributed by atoms with Crippen molar-refractivity contribution in [1.82, 2.24) is 10.3 Å². The van der Waals surface area contributed by atoms with Crippen LogP contribution < -0.4 is 5.32 Å². The van der Waals surface area contributed by atoms with Gasteiger partial charge in [0.05, 0.1) is 16.1 Å². The number of halogens is 2. The molecule has 1 heterocycles. The number of rotatable bonds is 4. The molecule has 1 amide bonds.